The highest BCUT2D eigenvalue weighted by Crippen LogP contribution is 2.22. The van der Waals surface area contributed by atoms with Crippen LogP contribution < -0.4 is 14.9 Å². The van der Waals surface area contributed by atoms with Gasteiger partial charge in [0, 0.05) is 31.9 Å². The first kappa shape index (κ1) is 18.9. The lowest BCUT2D eigenvalue weighted by molar-refractivity contribution is -0.122. The van der Waals surface area contributed by atoms with Crippen molar-refractivity contribution in [2.24, 2.45) is 4.99 Å². The minimum Gasteiger partial charge on any atom is -0.378 e. The van der Waals surface area contributed by atoms with Crippen molar-refractivity contribution >= 4 is 27.5 Å². The molecule has 0 radical (unpaired) electrons. The fourth-order valence-electron chi connectivity index (χ4n) is 2.76. The normalized spacial score (nSPS) is 17.1. The summed E-state index contributed by atoms with van der Waals surface area (Å²) in [6, 6.07) is 13.7. The van der Waals surface area contributed by atoms with E-state index in [0.717, 1.165) is 11.3 Å². The van der Waals surface area contributed by atoms with Crippen molar-refractivity contribution < 1.29 is 13.2 Å². The molecule has 1 aliphatic heterocycles. The van der Waals surface area contributed by atoms with Gasteiger partial charge in [0.05, 0.1) is 4.90 Å². The maximum atomic E-state index is 12.4. The number of nitrogens with zero attached hydrogens (tertiary/aromatic N) is 2. The second kappa shape index (κ2) is 7.40. The molecule has 142 valence electrons. The van der Waals surface area contributed by atoms with E-state index in [4.69, 9.17) is 0 Å². The molecule has 0 unspecified atom stereocenters. The van der Waals surface area contributed by atoms with E-state index in [2.05, 4.69) is 15.0 Å². The number of rotatable bonds is 5. The Balaban J connectivity index is 1.70. The van der Waals surface area contributed by atoms with Crippen LogP contribution in [0.5, 0.6) is 0 Å². The summed E-state index contributed by atoms with van der Waals surface area (Å²) in [6.45, 7) is 2.01. The summed E-state index contributed by atoms with van der Waals surface area (Å²) >= 11 is 0. The number of benzene rings is 2. The molecule has 27 heavy (non-hydrogen) atoms. The summed E-state index contributed by atoms with van der Waals surface area (Å²) < 4.78 is 26.6. The number of hydrogen-bond acceptors (Lipinski definition) is 5. The van der Waals surface area contributed by atoms with Crippen LogP contribution in [0.25, 0.3) is 0 Å². The Morgan fingerprint density at radius 2 is 1.93 bits per heavy atom. The van der Waals surface area contributed by atoms with Gasteiger partial charge in [-0.25, -0.2) is 8.42 Å². The number of amides is 1. The smallest absolute Gasteiger partial charge is 0.263 e. The van der Waals surface area contributed by atoms with Gasteiger partial charge in [-0.15, -0.1) is 0 Å². The number of hydrogen-bond donors (Lipinski definition) is 2. The van der Waals surface area contributed by atoms with E-state index in [1.807, 2.05) is 43.3 Å². The molecular formula is C19H22N4O3S. The minimum absolute atomic E-state index is 0.178. The summed E-state index contributed by atoms with van der Waals surface area (Å²) in [6.07, 6.45) is 0. The second-order valence-corrected chi connectivity index (χ2v) is 8.19. The number of amidine groups is 1. The van der Waals surface area contributed by atoms with E-state index in [-0.39, 0.29) is 16.6 Å². The number of carbonyl (C=O) groups is 1. The van der Waals surface area contributed by atoms with Crippen LogP contribution in [0, 0.1) is 0 Å². The molecule has 0 fully saturated rings. The Labute approximate surface area is 159 Å². The van der Waals surface area contributed by atoms with Gasteiger partial charge in [0.25, 0.3) is 10.0 Å². The molecule has 1 heterocycles. The first-order valence-electron chi connectivity index (χ1n) is 8.52. The van der Waals surface area contributed by atoms with Gasteiger partial charge in [0.2, 0.25) is 5.91 Å². The quantitative estimate of drug-likeness (QED) is 0.815. The topological polar surface area (TPSA) is 90.9 Å². The van der Waals surface area contributed by atoms with Crippen molar-refractivity contribution in [3.63, 3.8) is 0 Å². The summed E-state index contributed by atoms with van der Waals surface area (Å²) in [7, 11) is 0.298. The van der Waals surface area contributed by atoms with Crippen molar-refractivity contribution in [1.29, 1.82) is 0 Å². The van der Waals surface area contributed by atoms with Crippen LogP contribution in [0.1, 0.15) is 18.1 Å². The fourth-order valence-corrected chi connectivity index (χ4v) is 4.00. The van der Waals surface area contributed by atoms with Crippen LogP contribution in [0.4, 0.5) is 5.69 Å². The predicted molar refractivity (Wildman–Crippen MR) is 105 cm³/mol. The molecule has 0 saturated carbocycles. The zero-order chi connectivity index (χ0) is 19.6. The van der Waals surface area contributed by atoms with E-state index in [1.54, 1.807) is 25.1 Å². The van der Waals surface area contributed by atoms with Crippen LogP contribution in [0.3, 0.4) is 0 Å². The molecule has 0 bridgehead atoms. The van der Waals surface area contributed by atoms with Crippen molar-refractivity contribution in [3.8, 4) is 0 Å². The first-order chi connectivity index (χ1) is 12.8. The molecule has 2 aromatic rings. The maximum absolute atomic E-state index is 12.4. The van der Waals surface area contributed by atoms with Crippen LogP contribution in [-0.4, -0.2) is 40.3 Å². The molecule has 8 heteroatoms. The SMILES string of the molecule is C[C@H](N=C1NS(=O)(=O)c2ccccc21)C(=O)NCc1cccc(N(C)C)c1. The summed E-state index contributed by atoms with van der Waals surface area (Å²) in [5.41, 5.74) is 2.50. The van der Waals surface area contributed by atoms with Crippen LogP contribution in [-0.2, 0) is 21.4 Å². The van der Waals surface area contributed by atoms with Crippen molar-refractivity contribution in [3.05, 3.63) is 59.7 Å². The molecule has 1 amide bonds. The molecule has 2 aromatic carbocycles. The number of aliphatic imine (C=N–C) groups is 1. The molecule has 0 spiro atoms. The lowest BCUT2D eigenvalue weighted by Gasteiger charge is -2.14. The van der Waals surface area contributed by atoms with E-state index in [0.29, 0.717) is 12.1 Å². The third kappa shape index (κ3) is 4.11. The molecule has 1 atom stereocenters. The fraction of sp³-hybridized carbons (Fsp3) is 0.263. The number of nitrogens with one attached hydrogen (secondary N) is 2. The van der Waals surface area contributed by atoms with Crippen molar-refractivity contribution in [2.75, 3.05) is 19.0 Å². The van der Waals surface area contributed by atoms with Gasteiger partial charge in [0.1, 0.15) is 11.9 Å². The highest BCUT2D eigenvalue weighted by Gasteiger charge is 2.31. The van der Waals surface area contributed by atoms with Gasteiger partial charge < -0.3 is 10.2 Å². The van der Waals surface area contributed by atoms with E-state index >= 15 is 0 Å². The van der Waals surface area contributed by atoms with Gasteiger partial charge in [-0.2, -0.15) is 0 Å². The maximum Gasteiger partial charge on any atom is 0.263 e. The average molecular weight is 386 g/mol. The van der Waals surface area contributed by atoms with Crippen molar-refractivity contribution in [1.82, 2.24) is 10.0 Å². The number of anilines is 1. The predicted octanol–water partition coefficient (Wildman–Crippen LogP) is 1.50. The van der Waals surface area contributed by atoms with Crippen molar-refractivity contribution in [2.45, 2.75) is 24.4 Å². The number of fused-ring (bicyclic) bond motifs is 1. The highest BCUT2D eigenvalue weighted by atomic mass is 32.2. The Morgan fingerprint density at radius 1 is 1.19 bits per heavy atom. The first-order valence-corrected chi connectivity index (χ1v) is 10.0. The highest BCUT2D eigenvalue weighted by molar-refractivity contribution is 7.90. The van der Waals surface area contributed by atoms with Gasteiger partial charge in [-0.3, -0.25) is 14.5 Å². The monoisotopic (exact) mass is 386 g/mol. The molecule has 1 aliphatic rings. The number of carbonyl (C=O) groups excluding carboxylic acids is 1. The third-order valence-electron chi connectivity index (χ3n) is 4.26. The molecule has 3 rings (SSSR count). The van der Waals surface area contributed by atoms with Crippen LogP contribution >= 0.6 is 0 Å². The molecule has 2 N–H and O–H groups in total. The molecule has 7 nitrogen and oxygen atoms in total. The summed E-state index contributed by atoms with van der Waals surface area (Å²) in [5.74, 6) is -0.0795. The standard InChI is InChI=1S/C19H22N4O3S/c1-13(19(24)20-12-14-7-6-8-15(11-14)23(2)3)21-18-16-9-4-5-10-17(16)27(25,26)22-18/h4-11,13H,12H2,1-3H3,(H,20,24)(H,21,22)/t13-/m0/s1. The lowest BCUT2D eigenvalue weighted by Crippen LogP contribution is -2.33. The minimum atomic E-state index is -3.61. The zero-order valence-electron chi connectivity index (χ0n) is 15.4. The van der Waals surface area contributed by atoms with Gasteiger partial charge in [0.15, 0.2) is 0 Å². The Kier molecular flexibility index (Phi) is 5.18. The second-order valence-electron chi connectivity index (χ2n) is 6.54. The van der Waals surface area contributed by atoms with Crippen LogP contribution in [0.2, 0.25) is 0 Å². The van der Waals surface area contributed by atoms with E-state index in [1.165, 1.54) is 6.07 Å². The Morgan fingerprint density at radius 3 is 2.67 bits per heavy atom. The average Bonchev–Trinajstić information content (AvgIpc) is 2.90. The molecule has 0 aromatic heterocycles. The molecular weight excluding hydrogens is 364 g/mol. The Hall–Kier alpha value is -2.87. The largest absolute Gasteiger partial charge is 0.378 e. The third-order valence-corrected chi connectivity index (χ3v) is 5.66. The Bertz CT molecular complexity index is 1000. The molecule has 0 aliphatic carbocycles. The lowest BCUT2D eigenvalue weighted by atomic mass is 10.2. The van der Waals surface area contributed by atoms with Gasteiger partial charge in [-0.05, 0) is 36.8 Å². The summed E-state index contributed by atoms with van der Waals surface area (Å²) in [4.78, 5) is 18.8. The van der Waals surface area contributed by atoms with Gasteiger partial charge >= 0.3 is 0 Å². The van der Waals surface area contributed by atoms with E-state index in [9.17, 15) is 13.2 Å². The summed E-state index contributed by atoms with van der Waals surface area (Å²) in [5, 5.41) is 2.84. The zero-order valence-corrected chi connectivity index (χ0v) is 16.2. The molecule has 0 saturated heterocycles. The van der Waals surface area contributed by atoms with Gasteiger partial charge in [-0.1, -0.05) is 24.3 Å². The van der Waals surface area contributed by atoms with E-state index < -0.39 is 16.1 Å². The van der Waals surface area contributed by atoms with Crippen LogP contribution in [0.15, 0.2) is 58.4 Å². The number of sulfonamides is 1.